The summed E-state index contributed by atoms with van der Waals surface area (Å²) >= 11 is 0. The summed E-state index contributed by atoms with van der Waals surface area (Å²) in [6.45, 7) is 2.05. The third-order valence-electron chi connectivity index (χ3n) is 6.06. The van der Waals surface area contributed by atoms with Crippen LogP contribution in [0.15, 0.2) is 72.8 Å². The van der Waals surface area contributed by atoms with Crippen LogP contribution in [0.3, 0.4) is 0 Å². The first kappa shape index (κ1) is 20.8. The van der Waals surface area contributed by atoms with Crippen LogP contribution in [-0.4, -0.2) is 29.9 Å². The number of ether oxygens (including phenoxy) is 2. The largest absolute Gasteiger partial charge is 0.497 e. The van der Waals surface area contributed by atoms with Crippen molar-refractivity contribution in [2.24, 2.45) is 0 Å². The minimum absolute atomic E-state index is 0.0572. The highest BCUT2D eigenvalue weighted by atomic mass is 16.5. The molecule has 0 spiro atoms. The summed E-state index contributed by atoms with van der Waals surface area (Å²) in [5.41, 5.74) is 5.79. The number of nitrogens with one attached hydrogen (secondary N) is 1. The van der Waals surface area contributed by atoms with Crippen LogP contribution in [-0.2, 0) is 4.79 Å². The number of aromatic nitrogens is 2. The fraction of sp³-hybridized carbons (Fsp3) is 0.185. The maximum atomic E-state index is 12.9. The fourth-order valence-corrected chi connectivity index (χ4v) is 4.40. The molecule has 2 heterocycles. The van der Waals surface area contributed by atoms with Gasteiger partial charge in [0, 0.05) is 35.1 Å². The molecule has 1 N–H and O–H groups in total. The number of fused-ring (bicyclic) bond motifs is 1. The van der Waals surface area contributed by atoms with E-state index in [1.165, 1.54) is 0 Å². The summed E-state index contributed by atoms with van der Waals surface area (Å²) in [5, 5.41) is 8.09. The zero-order valence-corrected chi connectivity index (χ0v) is 18.8. The minimum Gasteiger partial charge on any atom is -0.497 e. The summed E-state index contributed by atoms with van der Waals surface area (Å²) in [6, 6.07) is 23.9. The third-order valence-corrected chi connectivity index (χ3v) is 6.06. The van der Waals surface area contributed by atoms with E-state index in [2.05, 4.69) is 5.32 Å². The topological polar surface area (TPSA) is 65.4 Å². The van der Waals surface area contributed by atoms with Gasteiger partial charge in [-0.15, -0.1) is 0 Å². The van der Waals surface area contributed by atoms with E-state index in [-0.39, 0.29) is 11.8 Å². The zero-order valence-electron chi connectivity index (χ0n) is 18.8. The summed E-state index contributed by atoms with van der Waals surface area (Å²) < 4.78 is 12.9. The van der Waals surface area contributed by atoms with Crippen LogP contribution in [0.1, 0.15) is 29.0 Å². The molecule has 1 aromatic heterocycles. The first-order valence-electron chi connectivity index (χ1n) is 10.9. The molecule has 6 heteroatoms. The van der Waals surface area contributed by atoms with Crippen LogP contribution in [0.4, 0.5) is 5.82 Å². The number of carbonyl (C=O) groups is 1. The molecular formula is C27H25N3O3. The molecule has 0 unspecified atom stereocenters. The van der Waals surface area contributed by atoms with E-state index in [0.717, 1.165) is 33.6 Å². The molecule has 5 rings (SSSR count). The molecule has 0 saturated carbocycles. The van der Waals surface area contributed by atoms with Crippen molar-refractivity contribution in [1.29, 1.82) is 0 Å². The minimum atomic E-state index is -0.219. The number of carbonyl (C=O) groups excluding carboxylic acids is 1. The molecule has 1 atom stereocenters. The Hall–Kier alpha value is -4.06. The highest BCUT2D eigenvalue weighted by Crippen LogP contribution is 2.46. The number of benzene rings is 3. The van der Waals surface area contributed by atoms with E-state index in [1.807, 2.05) is 84.4 Å². The third kappa shape index (κ3) is 3.74. The summed E-state index contributed by atoms with van der Waals surface area (Å²) in [5.74, 6) is 1.80. The van der Waals surface area contributed by atoms with Gasteiger partial charge in [0.05, 0.1) is 25.6 Å². The lowest BCUT2D eigenvalue weighted by atomic mass is 9.84. The molecule has 1 aliphatic rings. The summed E-state index contributed by atoms with van der Waals surface area (Å²) in [4.78, 5) is 12.9. The molecule has 166 valence electrons. The second-order valence-electron chi connectivity index (χ2n) is 8.14. The predicted molar refractivity (Wildman–Crippen MR) is 128 cm³/mol. The lowest BCUT2D eigenvalue weighted by molar-refractivity contribution is -0.116. The van der Waals surface area contributed by atoms with Gasteiger partial charge in [-0.3, -0.25) is 4.79 Å². The second-order valence-corrected chi connectivity index (χ2v) is 8.14. The monoisotopic (exact) mass is 439 g/mol. The maximum Gasteiger partial charge on any atom is 0.226 e. The van der Waals surface area contributed by atoms with Crippen LogP contribution in [0.5, 0.6) is 11.5 Å². The average Bonchev–Trinajstić information content (AvgIpc) is 3.23. The molecule has 0 saturated heterocycles. The van der Waals surface area contributed by atoms with Gasteiger partial charge >= 0.3 is 0 Å². The summed E-state index contributed by atoms with van der Waals surface area (Å²) in [7, 11) is 3.26. The van der Waals surface area contributed by atoms with Crippen LogP contribution in [0.2, 0.25) is 0 Å². The van der Waals surface area contributed by atoms with Crippen molar-refractivity contribution in [3.8, 4) is 28.4 Å². The molecule has 4 aromatic rings. The molecule has 3 aromatic carbocycles. The second kappa shape index (κ2) is 8.47. The van der Waals surface area contributed by atoms with Crippen LogP contribution >= 0.6 is 0 Å². The van der Waals surface area contributed by atoms with Crippen molar-refractivity contribution in [3.63, 3.8) is 0 Å². The molecular weight excluding hydrogens is 414 g/mol. The van der Waals surface area contributed by atoms with Gasteiger partial charge < -0.3 is 14.8 Å². The Labute approximate surface area is 192 Å². The van der Waals surface area contributed by atoms with E-state index >= 15 is 0 Å². The maximum absolute atomic E-state index is 12.9. The highest BCUT2D eigenvalue weighted by molar-refractivity contribution is 5.97. The lowest BCUT2D eigenvalue weighted by Crippen LogP contribution is -2.25. The molecule has 33 heavy (non-hydrogen) atoms. The number of aryl methyl sites for hydroxylation is 1. The SMILES string of the molecule is COc1ccc([C@@H]2CC(=O)Nc3c2c(-c2ccccc2)nn3-c2ccc(C)cc2)c(OC)c1. The Morgan fingerprint density at radius 1 is 0.970 bits per heavy atom. The Balaban J connectivity index is 1.76. The first-order chi connectivity index (χ1) is 16.1. The zero-order chi connectivity index (χ0) is 22.9. The van der Waals surface area contributed by atoms with E-state index in [0.29, 0.717) is 23.7 Å². The fourth-order valence-electron chi connectivity index (χ4n) is 4.40. The number of rotatable bonds is 5. The van der Waals surface area contributed by atoms with E-state index in [4.69, 9.17) is 14.6 Å². The quantitative estimate of drug-likeness (QED) is 0.456. The van der Waals surface area contributed by atoms with E-state index in [1.54, 1.807) is 14.2 Å². The smallest absolute Gasteiger partial charge is 0.226 e. The van der Waals surface area contributed by atoms with Gasteiger partial charge in [0.2, 0.25) is 5.91 Å². The number of anilines is 1. The van der Waals surface area contributed by atoms with E-state index in [9.17, 15) is 4.79 Å². The van der Waals surface area contributed by atoms with Gasteiger partial charge in [-0.1, -0.05) is 54.1 Å². The Bertz CT molecular complexity index is 1310. The lowest BCUT2D eigenvalue weighted by Gasteiger charge is -2.26. The Morgan fingerprint density at radius 2 is 1.73 bits per heavy atom. The predicted octanol–water partition coefficient (Wildman–Crippen LogP) is 5.34. The van der Waals surface area contributed by atoms with Crippen molar-refractivity contribution in [1.82, 2.24) is 9.78 Å². The van der Waals surface area contributed by atoms with Crippen LogP contribution < -0.4 is 14.8 Å². The van der Waals surface area contributed by atoms with Crippen molar-refractivity contribution in [2.45, 2.75) is 19.3 Å². The number of methoxy groups -OCH3 is 2. The van der Waals surface area contributed by atoms with E-state index < -0.39 is 0 Å². The Kier molecular flexibility index (Phi) is 5.34. The van der Waals surface area contributed by atoms with Crippen LogP contribution in [0, 0.1) is 6.92 Å². The molecule has 6 nitrogen and oxygen atoms in total. The van der Waals surface area contributed by atoms with Gasteiger partial charge in [0.1, 0.15) is 17.3 Å². The van der Waals surface area contributed by atoms with Crippen molar-refractivity contribution in [3.05, 3.63) is 89.5 Å². The van der Waals surface area contributed by atoms with Crippen molar-refractivity contribution >= 4 is 11.7 Å². The van der Waals surface area contributed by atoms with Gasteiger partial charge in [-0.2, -0.15) is 5.10 Å². The Morgan fingerprint density at radius 3 is 2.42 bits per heavy atom. The average molecular weight is 440 g/mol. The number of nitrogens with zero attached hydrogens (tertiary/aromatic N) is 2. The standard InChI is InChI=1S/C27H25N3O3/c1-17-9-11-19(12-10-17)30-27-25(26(29-30)18-7-5-4-6-8-18)22(16-24(31)28-27)21-14-13-20(32-2)15-23(21)33-3/h4-15,22H,16H2,1-3H3,(H,28,31)/t22-/m0/s1. The first-order valence-corrected chi connectivity index (χ1v) is 10.9. The number of hydrogen-bond donors (Lipinski definition) is 1. The van der Waals surface area contributed by atoms with Gasteiger partial charge in [0.15, 0.2) is 0 Å². The summed E-state index contributed by atoms with van der Waals surface area (Å²) in [6.07, 6.45) is 0.301. The van der Waals surface area contributed by atoms with Crippen LogP contribution in [0.25, 0.3) is 16.9 Å². The molecule has 0 bridgehead atoms. The molecule has 0 fully saturated rings. The highest BCUT2D eigenvalue weighted by Gasteiger charge is 2.35. The van der Waals surface area contributed by atoms with Gasteiger partial charge in [-0.25, -0.2) is 4.68 Å². The molecule has 0 radical (unpaired) electrons. The van der Waals surface area contributed by atoms with Crippen molar-refractivity contribution < 1.29 is 14.3 Å². The molecule has 1 aliphatic heterocycles. The molecule has 1 amide bonds. The molecule has 0 aliphatic carbocycles. The number of hydrogen-bond acceptors (Lipinski definition) is 4. The van der Waals surface area contributed by atoms with Gasteiger partial charge in [0.25, 0.3) is 0 Å². The van der Waals surface area contributed by atoms with Gasteiger partial charge in [-0.05, 0) is 25.1 Å². The normalized spacial score (nSPS) is 15.0. The number of amides is 1. The van der Waals surface area contributed by atoms with Crippen molar-refractivity contribution in [2.75, 3.05) is 19.5 Å².